The molecule has 1 aromatic carbocycles. The number of para-hydroxylation sites is 1. The number of benzene rings is 1. The summed E-state index contributed by atoms with van der Waals surface area (Å²) in [5.74, 6) is 0.839. The summed E-state index contributed by atoms with van der Waals surface area (Å²) < 4.78 is 7.52. The zero-order chi connectivity index (χ0) is 12.3. The van der Waals surface area contributed by atoms with E-state index in [0.717, 1.165) is 16.9 Å². The predicted octanol–water partition coefficient (Wildman–Crippen LogP) is 2.02. The van der Waals surface area contributed by atoms with Crippen LogP contribution in [0.15, 0.2) is 36.7 Å². The van der Waals surface area contributed by atoms with Crippen LogP contribution in [0.25, 0.3) is 0 Å². The van der Waals surface area contributed by atoms with Gasteiger partial charge in [0.15, 0.2) is 0 Å². The maximum atomic E-state index is 5.89. The maximum absolute atomic E-state index is 5.89. The van der Waals surface area contributed by atoms with Gasteiger partial charge >= 0.3 is 0 Å². The van der Waals surface area contributed by atoms with E-state index >= 15 is 0 Å². The summed E-state index contributed by atoms with van der Waals surface area (Å²) in [6.45, 7) is 2.46. The van der Waals surface area contributed by atoms with Crippen molar-refractivity contribution in [3.8, 4) is 5.75 Å². The zero-order valence-corrected chi connectivity index (χ0v) is 10.1. The molecule has 0 saturated carbocycles. The Balaban J connectivity index is 2.08. The molecule has 1 aromatic heterocycles. The van der Waals surface area contributed by atoms with Crippen molar-refractivity contribution < 1.29 is 4.74 Å². The molecule has 1 heterocycles. The number of ether oxygens (including phenoxy) is 1. The largest absolute Gasteiger partial charge is 0.488 e. The van der Waals surface area contributed by atoms with Crippen LogP contribution in [0.5, 0.6) is 5.75 Å². The molecule has 0 radical (unpaired) electrons. The van der Waals surface area contributed by atoms with Gasteiger partial charge in [0.2, 0.25) is 0 Å². The second-order valence-electron chi connectivity index (χ2n) is 4.14. The van der Waals surface area contributed by atoms with Crippen LogP contribution in [0.3, 0.4) is 0 Å². The molecule has 2 rings (SSSR count). The molecule has 1 unspecified atom stereocenters. The standard InChI is InChI=1S/C13H17N3O/c1-10(14)12-5-3-4-6-13(12)17-9-11-7-15-16(2)8-11/h3-8,10H,9,14H2,1-2H3. The summed E-state index contributed by atoms with van der Waals surface area (Å²) in [5.41, 5.74) is 7.96. The van der Waals surface area contributed by atoms with E-state index < -0.39 is 0 Å². The van der Waals surface area contributed by atoms with Crippen LogP contribution in [-0.4, -0.2) is 9.78 Å². The highest BCUT2D eigenvalue weighted by Gasteiger charge is 2.07. The van der Waals surface area contributed by atoms with E-state index in [2.05, 4.69) is 5.10 Å². The SMILES string of the molecule is CC(N)c1ccccc1OCc1cnn(C)c1. The Kier molecular flexibility index (Phi) is 3.44. The van der Waals surface area contributed by atoms with Crippen molar-refractivity contribution in [1.29, 1.82) is 0 Å². The van der Waals surface area contributed by atoms with Gasteiger partial charge in [0.25, 0.3) is 0 Å². The third-order valence-electron chi connectivity index (χ3n) is 2.56. The van der Waals surface area contributed by atoms with E-state index in [-0.39, 0.29) is 6.04 Å². The Labute approximate surface area is 101 Å². The lowest BCUT2D eigenvalue weighted by Crippen LogP contribution is -2.07. The highest BCUT2D eigenvalue weighted by Crippen LogP contribution is 2.23. The zero-order valence-electron chi connectivity index (χ0n) is 10.1. The van der Waals surface area contributed by atoms with Crippen LogP contribution in [0, 0.1) is 0 Å². The quantitative estimate of drug-likeness (QED) is 0.875. The van der Waals surface area contributed by atoms with Crippen molar-refractivity contribution in [3.63, 3.8) is 0 Å². The van der Waals surface area contributed by atoms with Crippen molar-refractivity contribution in [2.45, 2.75) is 19.6 Å². The van der Waals surface area contributed by atoms with Gasteiger partial charge in [0.05, 0.1) is 6.20 Å². The first-order chi connectivity index (χ1) is 8.16. The van der Waals surface area contributed by atoms with Crippen molar-refractivity contribution in [2.24, 2.45) is 12.8 Å². The molecular weight excluding hydrogens is 214 g/mol. The van der Waals surface area contributed by atoms with Gasteiger partial charge in [-0.25, -0.2) is 0 Å². The Hall–Kier alpha value is -1.81. The average Bonchev–Trinajstić information content (AvgIpc) is 2.73. The Morgan fingerprint density at radius 3 is 2.82 bits per heavy atom. The average molecular weight is 231 g/mol. The van der Waals surface area contributed by atoms with Crippen LogP contribution in [-0.2, 0) is 13.7 Å². The normalized spacial score (nSPS) is 12.4. The van der Waals surface area contributed by atoms with Gasteiger partial charge in [-0.2, -0.15) is 5.10 Å². The molecule has 2 N–H and O–H groups in total. The summed E-state index contributed by atoms with van der Waals surface area (Å²) in [7, 11) is 1.89. The minimum atomic E-state index is -0.0277. The van der Waals surface area contributed by atoms with E-state index in [0.29, 0.717) is 6.61 Å². The fourth-order valence-corrected chi connectivity index (χ4v) is 1.70. The number of nitrogens with two attached hydrogens (primary N) is 1. The summed E-state index contributed by atoms with van der Waals surface area (Å²) in [6, 6.07) is 7.82. The molecule has 4 heteroatoms. The molecular formula is C13H17N3O. The van der Waals surface area contributed by atoms with Crippen LogP contribution in [0.4, 0.5) is 0 Å². The number of aryl methyl sites for hydroxylation is 1. The van der Waals surface area contributed by atoms with Gasteiger partial charge in [-0.1, -0.05) is 18.2 Å². The highest BCUT2D eigenvalue weighted by molar-refractivity contribution is 5.35. The number of hydrogen-bond donors (Lipinski definition) is 1. The Bertz CT molecular complexity index is 491. The van der Waals surface area contributed by atoms with Crippen molar-refractivity contribution in [3.05, 3.63) is 47.8 Å². The van der Waals surface area contributed by atoms with Crippen LogP contribution >= 0.6 is 0 Å². The fourth-order valence-electron chi connectivity index (χ4n) is 1.70. The lowest BCUT2D eigenvalue weighted by molar-refractivity contribution is 0.301. The topological polar surface area (TPSA) is 53.1 Å². The van der Waals surface area contributed by atoms with E-state index in [9.17, 15) is 0 Å². The van der Waals surface area contributed by atoms with Crippen LogP contribution in [0.1, 0.15) is 24.1 Å². The number of rotatable bonds is 4. The van der Waals surface area contributed by atoms with Crippen molar-refractivity contribution in [2.75, 3.05) is 0 Å². The third-order valence-corrected chi connectivity index (χ3v) is 2.56. The van der Waals surface area contributed by atoms with Gasteiger partial charge < -0.3 is 10.5 Å². The molecule has 0 saturated heterocycles. The summed E-state index contributed by atoms with van der Waals surface area (Å²) >= 11 is 0. The second-order valence-corrected chi connectivity index (χ2v) is 4.14. The first-order valence-electron chi connectivity index (χ1n) is 5.61. The number of nitrogens with zero attached hydrogens (tertiary/aromatic N) is 2. The summed E-state index contributed by atoms with van der Waals surface area (Å²) in [4.78, 5) is 0. The Morgan fingerprint density at radius 2 is 2.18 bits per heavy atom. The second kappa shape index (κ2) is 5.01. The maximum Gasteiger partial charge on any atom is 0.124 e. The lowest BCUT2D eigenvalue weighted by Gasteiger charge is -2.13. The van der Waals surface area contributed by atoms with Gasteiger partial charge in [-0.15, -0.1) is 0 Å². The first kappa shape index (κ1) is 11.7. The van der Waals surface area contributed by atoms with Gasteiger partial charge in [0.1, 0.15) is 12.4 Å². The predicted molar refractivity (Wildman–Crippen MR) is 66.6 cm³/mol. The van der Waals surface area contributed by atoms with Crippen LogP contribution in [0.2, 0.25) is 0 Å². The summed E-state index contributed by atoms with van der Waals surface area (Å²) in [6.07, 6.45) is 3.74. The molecule has 0 aliphatic carbocycles. The lowest BCUT2D eigenvalue weighted by atomic mass is 10.1. The monoisotopic (exact) mass is 231 g/mol. The molecule has 0 fully saturated rings. The van der Waals surface area contributed by atoms with Gasteiger partial charge in [-0.3, -0.25) is 4.68 Å². The van der Waals surface area contributed by atoms with E-state index in [1.165, 1.54) is 0 Å². The Morgan fingerprint density at radius 1 is 1.41 bits per heavy atom. The van der Waals surface area contributed by atoms with Crippen molar-refractivity contribution >= 4 is 0 Å². The molecule has 0 aliphatic heterocycles. The number of aromatic nitrogens is 2. The van der Waals surface area contributed by atoms with E-state index in [1.807, 2.05) is 44.4 Å². The van der Waals surface area contributed by atoms with Gasteiger partial charge in [0, 0.05) is 30.4 Å². The molecule has 90 valence electrons. The number of hydrogen-bond acceptors (Lipinski definition) is 3. The molecule has 2 aromatic rings. The van der Waals surface area contributed by atoms with E-state index in [1.54, 1.807) is 10.9 Å². The molecule has 0 spiro atoms. The third kappa shape index (κ3) is 2.85. The minimum absolute atomic E-state index is 0.0277. The minimum Gasteiger partial charge on any atom is -0.488 e. The smallest absolute Gasteiger partial charge is 0.124 e. The molecule has 0 amide bonds. The van der Waals surface area contributed by atoms with Crippen LogP contribution < -0.4 is 10.5 Å². The molecule has 1 atom stereocenters. The molecule has 17 heavy (non-hydrogen) atoms. The molecule has 0 bridgehead atoms. The molecule has 4 nitrogen and oxygen atoms in total. The first-order valence-corrected chi connectivity index (χ1v) is 5.61. The van der Waals surface area contributed by atoms with E-state index in [4.69, 9.17) is 10.5 Å². The van der Waals surface area contributed by atoms with Gasteiger partial charge in [-0.05, 0) is 13.0 Å². The molecule has 0 aliphatic rings. The highest BCUT2D eigenvalue weighted by atomic mass is 16.5. The van der Waals surface area contributed by atoms with Crippen molar-refractivity contribution in [1.82, 2.24) is 9.78 Å². The summed E-state index contributed by atoms with van der Waals surface area (Å²) in [5, 5.41) is 4.10. The fraction of sp³-hybridized carbons (Fsp3) is 0.308.